The lowest BCUT2D eigenvalue weighted by Crippen LogP contribution is -2.45. The number of ketones is 2. The number of hydrogen-bond acceptors (Lipinski definition) is 11. The molecule has 62 heavy (non-hydrogen) atoms. The third-order valence-electron chi connectivity index (χ3n) is 12.6. The maximum Gasteiger partial charge on any atom is 0.320 e. The van der Waals surface area contributed by atoms with Gasteiger partial charge in [-0.2, -0.15) is 0 Å². The molecule has 0 aromatic rings. The van der Waals surface area contributed by atoms with E-state index in [1.165, 1.54) is 6.42 Å². The van der Waals surface area contributed by atoms with Gasteiger partial charge in [0.25, 0.3) is 5.78 Å². The van der Waals surface area contributed by atoms with Gasteiger partial charge in [-0.15, -0.1) is 11.8 Å². The van der Waals surface area contributed by atoms with E-state index in [-0.39, 0.29) is 36.1 Å². The Morgan fingerprint density at radius 2 is 1.65 bits per heavy atom. The van der Waals surface area contributed by atoms with Gasteiger partial charge in [-0.1, -0.05) is 102 Å². The van der Waals surface area contributed by atoms with E-state index in [1.54, 1.807) is 21.1 Å². The van der Waals surface area contributed by atoms with Crippen molar-refractivity contribution in [2.45, 2.75) is 168 Å². The molecule has 0 spiro atoms. The van der Waals surface area contributed by atoms with Gasteiger partial charge in [-0.05, 0) is 125 Å². The highest BCUT2D eigenvalue weighted by molar-refractivity contribution is 7.99. The van der Waals surface area contributed by atoms with Gasteiger partial charge in [-0.3, -0.25) is 19.2 Å². The minimum Gasteiger partial charge on any atom is -0.480 e. The van der Waals surface area contributed by atoms with Crippen LogP contribution in [0.1, 0.15) is 138 Å². The Hall–Kier alpha value is -2.71. The number of hydrogen-bond donors (Lipinski definition) is 5. The van der Waals surface area contributed by atoms with Crippen LogP contribution in [-0.2, 0) is 28.7 Å². The molecule has 0 aromatic carbocycles. The summed E-state index contributed by atoms with van der Waals surface area (Å²) in [4.78, 5) is 45.3. The van der Waals surface area contributed by atoms with Crippen molar-refractivity contribution in [3.05, 3.63) is 59.8 Å². The molecule has 354 valence electrons. The third kappa shape index (κ3) is 22.8. The van der Waals surface area contributed by atoms with Crippen molar-refractivity contribution < 1.29 is 49.1 Å². The summed E-state index contributed by atoms with van der Waals surface area (Å²) in [6.45, 7) is 19.1. The molecule has 2 rings (SSSR count). The first-order chi connectivity index (χ1) is 29.3. The summed E-state index contributed by atoms with van der Waals surface area (Å²) in [5.41, 5.74) is 3.21. The van der Waals surface area contributed by atoms with Crippen LogP contribution in [0.15, 0.2) is 59.8 Å². The molecule has 2 fully saturated rings. The number of nitrogens with one attached hydrogen (secondary N) is 1. The van der Waals surface area contributed by atoms with E-state index >= 15 is 0 Å². The molecule has 0 aliphatic carbocycles. The van der Waals surface area contributed by atoms with Crippen LogP contribution in [0.25, 0.3) is 0 Å². The number of carbonyl (C=O) groups is 4. The highest BCUT2D eigenvalue weighted by Crippen LogP contribution is 2.35. The number of rotatable bonds is 28. The molecule has 5 N–H and O–H groups in total. The van der Waals surface area contributed by atoms with E-state index in [0.29, 0.717) is 48.9 Å². The Labute approximate surface area is 378 Å². The van der Waals surface area contributed by atoms with Crippen LogP contribution < -0.4 is 5.32 Å². The van der Waals surface area contributed by atoms with E-state index in [0.717, 1.165) is 86.8 Å². The fraction of sp³-hybridized carbons (Fsp3) is 0.720. The molecule has 10 atom stereocenters. The lowest BCUT2D eigenvalue weighted by Gasteiger charge is -2.29. The largest absolute Gasteiger partial charge is 0.480 e. The maximum absolute atomic E-state index is 13.0. The van der Waals surface area contributed by atoms with Gasteiger partial charge in [0.05, 0.1) is 12.2 Å². The Bertz CT molecular complexity index is 1480. The minimum absolute atomic E-state index is 0.0499. The minimum atomic E-state index is -2.62. The lowest BCUT2D eigenvalue weighted by molar-refractivity contribution is -0.200. The quantitative estimate of drug-likeness (QED) is 0.0126. The van der Waals surface area contributed by atoms with Gasteiger partial charge in [-0.25, -0.2) is 0 Å². The van der Waals surface area contributed by atoms with Gasteiger partial charge < -0.3 is 35.2 Å². The SMILES string of the molecule is C=C(C[C@H](O)/C(C)=C/[C@@H](C)C(=O)CC[C@H](C)C[C@@H]1CCS[C@H](OC)C1)[C@H](C)C[C@H](C)/C=C/C=C/C=C(\C)C(CCCC[C@@H](C)C(O)(O)C(=O)C=O)OC.O=C(O)[C@@H]1CCCCN1. The van der Waals surface area contributed by atoms with Crippen molar-refractivity contribution in [3.63, 3.8) is 0 Å². The monoisotopic (exact) mass is 890 g/mol. The van der Waals surface area contributed by atoms with Crippen LogP contribution in [0, 0.1) is 35.5 Å². The molecule has 12 heteroatoms. The summed E-state index contributed by atoms with van der Waals surface area (Å²) in [7, 11) is 3.46. The molecule has 2 saturated heterocycles. The number of carboxylic acids is 1. The molecule has 0 saturated carbocycles. The van der Waals surface area contributed by atoms with Crippen molar-refractivity contribution in [1.29, 1.82) is 0 Å². The van der Waals surface area contributed by atoms with Crippen LogP contribution in [0.5, 0.6) is 0 Å². The number of ether oxygens (including phenoxy) is 2. The van der Waals surface area contributed by atoms with E-state index in [2.05, 4.69) is 38.7 Å². The van der Waals surface area contributed by atoms with Crippen LogP contribution >= 0.6 is 11.8 Å². The van der Waals surface area contributed by atoms with Gasteiger partial charge in [0.15, 0.2) is 6.29 Å². The summed E-state index contributed by atoms with van der Waals surface area (Å²) in [6, 6.07) is -0.279. The second-order valence-electron chi connectivity index (χ2n) is 18.1. The Morgan fingerprint density at radius 1 is 0.952 bits per heavy atom. The van der Waals surface area contributed by atoms with Gasteiger partial charge in [0, 0.05) is 32.5 Å². The van der Waals surface area contributed by atoms with Crippen LogP contribution in [0.4, 0.5) is 0 Å². The summed E-state index contributed by atoms with van der Waals surface area (Å²) in [5.74, 6) is -2.40. The molecule has 2 heterocycles. The topological polar surface area (TPSA) is 180 Å². The van der Waals surface area contributed by atoms with Crippen LogP contribution in [0.2, 0.25) is 0 Å². The van der Waals surface area contributed by atoms with Crippen molar-refractivity contribution in [1.82, 2.24) is 5.32 Å². The molecule has 11 nitrogen and oxygen atoms in total. The summed E-state index contributed by atoms with van der Waals surface area (Å²) < 4.78 is 11.2. The first-order valence-corrected chi connectivity index (χ1v) is 24.0. The molecule has 0 bridgehead atoms. The Morgan fingerprint density at radius 3 is 2.24 bits per heavy atom. The number of unbranched alkanes of at least 4 members (excludes halogenated alkanes) is 1. The van der Waals surface area contributed by atoms with E-state index in [9.17, 15) is 34.5 Å². The number of methoxy groups -OCH3 is 2. The zero-order chi connectivity index (χ0) is 46.8. The number of carbonyl (C=O) groups excluding carboxylic acids is 3. The number of piperidine rings is 1. The smallest absolute Gasteiger partial charge is 0.320 e. The van der Waals surface area contributed by atoms with Gasteiger partial charge in [0.2, 0.25) is 5.79 Å². The number of Topliss-reactive ketones (excluding diaryl/α,β-unsaturated/α-hetero) is 2. The summed E-state index contributed by atoms with van der Waals surface area (Å²) in [6.07, 6.45) is 23.2. The molecule has 0 amide bonds. The molecule has 0 radical (unpaired) electrons. The number of aldehydes is 1. The van der Waals surface area contributed by atoms with Crippen molar-refractivity contribution in [2.75, 3.05) is 26.5 Å². The Balaban J connectivity index is 0.00000188. The van der Waals surface area contributed by atoms with Gasteiger partial charge >= 0.3 is 5.97 Å². The molecular weight excluding hydrogens is 807 g/mol. The predicted octanol–water partition coefficient (Wildman–Crippen LogP) is 8.96. The fourth-order valence-corrected chi connectivity index (χ4v) is 9.33. The highest BCUT2D eigenvalue weighted by Gasteiger charge is 2.38. The molecule has 1 unspecified atom stereocenters. The number of aliphatic carboxylic acids is 1. The van der Waals surface area contributed by atoms with Crippen LogP contribution in [-0.4, -0.2) is 100 Å². The fourth-order valence-electron chi connectivity index (χ4n) is 8.06. The zero-order valence-electron chi connectivity index (χ0n) is 39.5. The first kappa shape index (κ1) is 57.3. The second-order valence-corrected chi connectivity index (χ2v) is 19.4. The summed E-state index contributed by atoms with van der Waals surface area (Å²) >= 11 is 1.90. The maximum atomic E-state index is 13.0. The average molecular weight is 890 g/mol. The number of aliphatic hydroxyl groups is 3. The van der Waals surface area contributed by atoms with Gasteiger partial charge in [0.1, 0.15) is 17.3 Å². The number of aliphatic hydroxyl groups excluding tert-OH is 1. The van der Waals surface area contributed by atoms with E-state index in [4.69, 9.17) is 14.6 Å². The summed E-state index contributed by atoms with van der Waals surface area (Å²) in [5, 5.41) is 42.1. The predicted molar refractivity (Wildman–Crippen MR) is 252 cm³/mol. The van der Waals surface area contributed by atoms with E-state index < -0.39 is 29.6 Å². The molecule has 0 aromatic heterocycles. The Kier molecular flexibility index (Phi) is 28.9. The standard InChI is InChI=1S/C44H72O8S.C6H11NO2/c1-30(16-12-11-13-17-32(3)41(51-9)19-15-14-18-37(8)44(49,50)42(48)29-45)24-33(4)34(5)27-40(47)36(7)26-35(6)39(46)21-20-31(2)25-38-22-23-53-43(28-38)52-10;8-6(9)5-3-1-2-4-7-5/h11-13,16-17,26,29-31,33,35,37-38,40-41,43,47,49-50H,5,14-15,18-25,27-28H2,1-4,6-10H3;5,7H,1-4H2,(H,8,9)/b13-11+,16-12+,32-17+,36-26+;/t30-,31+,33-,35-,37-,38+,40+,41?,43+;5-/m10/s1. The highest BCUT2D eigenvalue weighted by atomic mass is 32.2. The second kappa shape index (κ2) is 31.2. The van der Waals surface area contributed by atoms with Crippen LogP contribution in [0.3, 0.4) is 0 Å². The number of thioether (sulfide) groups is 1. The van der Waals surface area contributed by atoms with Crippen molar-refractivity contribution in [2.24, 2.45) is 35.5 Å². The zero-order valence-corrected chi connectivity index (χ0v) is 40.3. The third-order valence-corrected chi connectivity index (χ3v) is 13.8. The average Bonchev–Trinajstić information content (AvgIpc) is 3.25. The number of allylic oxidation sites excluding steroid dienone is 6. The first-order valence-electron chi connectivity index (χ1n) is 22.9. The normalized spacial score (nSPS) is 22.5. The van der Waals surface area contributed by atoms with Crippen molar-refractivity contribution in [3.8, 4) is 0 Å². The van der Waals surface area contributed by atoms with E-state index in [1.807, 2.05) is 62.9 Å². The lowest BCUT2D eigenvalue weighted by atomic mass is 9.86. The van der Waals surface area contributed by atoms with Crippen molar-refractivity contribution >= 4 is 35.6 Å². The number of carboxylic acid groups (broad SMARTS) is 1. The molecule has 2 aliphatic heterocycles. The molecule has 2 aliphatic rings. The molecular formula is C50H83NO10S.